The van der Waals surface area contributed by atoms with E-state index in [4.69, 9.17) is 4.52 Å². The van der Waals surface area contributed by atoms with E-state index < -0.39 is 0 Å². The van der Waals surface area contributed by atoms with Crippen LogP contribution in [0.4, 0.5) is 0 Å². The fourth-order valence-electron chi connectivity index (χ4n) is 1.88. The quantitative estimate of drug-likeness (QED) is 0.908. The number of nitrogens with one attached hydrogen (secondary N) is 1. The highest BCUT2D eigenvalue weighted by Gasteiger charge is 2.11. The molecule has 0 fully saturated rings. The lowest BCUT2D eigenvalue weighted by Crippen LogP contribution is -2.24. The topological polar surface area (TPSA) is 68.0 Å². The monoisotopic (exact) mass is 273 g/mol. The number of aromatic nitrogens is 2. The van der Waals surface area contributed by atoms with Gasteiger partial charge in [0.1, 0.15) is 0 Å². The Morgan fingerprint density at radius 3 is 2.80 bits per heavy atom. The van der Waals surface area contributed by atoms with Gasteiger partial charge in [0.2, 0.25) is 5.89 Å². The zero-order valence-electron chi connectivity index (χ0n) is 12.0. The second-order valence-corrected chi connectivity index (χ2v) is 5.20. The molecule has 0 unspecified atom stereocenters. The first-order valence-electron chi connectivity index (χ1n) is 6.71. The number of aryl methyl sites for hydroxylation is 1. The summed E-state index contributed by atoms with van der Waals surface area (Å²) in [6.07, 6.45) is 0.749. The number of benzene rings is 1. The van der Waals surface area contributed by atoms with Crippen molar-refractivity contribution in [3.05, 3.63) is 47.1 Å². The Bertz CT molecular complexity index is 590. The SMILES string of the molecule is Cc1ccccc1C(=O)NCc1noc(CC(C)C)n1. The van der Waals surface area contributed by atoms with Crippen molar-refractivity contribution < 1.29 is 9.32 Å². The highest BCUT2D eigenvalue weighted by atomic mass is 16.5. The zero-order chi connectivity index (χ0) is 14.5. The van der Waals surface area contributed by atoms with E-state index in [-0.39, 0.29) is 12.5 Å². The van der Waals surface area contributed by atoms with E-state index >= 15 is 0 Å². The van der Waals surface area contributed by atoms with Gasteiger partial charge in [0, 0.05) is 12.0 Å². The van der Waals surface area contributed by atoms with Crippen LogP contribution in [0.5, 0.6) is 0 Å². The largest absolute Gasteiger partial charge is 0.345 e. The highest BCUT2D eigenvalue weighted by molar-refractivity contribution is 5.95. The molecule has 0 aliphatic carbocycles. The van der Waals surface area contributed by atoms with Gasteiger partial charge in [0.15, 0.2) is 5.82 Å². The van der Waals surface area contributed by atoms with Crippen molar-refractivity contribution in [3.8, 4) is 0 Å². The molecule has 0 aliphatic heterocycles. The number of rotatable bonds is 5. The van der Waals surface area contributed by atoms with Crippen LogP contribution < -0.4 is 5.32 Å². The molecular formula is C15H19N3O2. The summed E-state index contributed by atoms with van der Waals surface area (Å²) in [7, 11) is 0. The van der Waals surface area contributed by atoms with Gasteiger partial charge in [-0.15, -0.1) is 0 Å². The molecule has 0 saturated heterocycles. The van der Waals surface area contributed by atoms with E-state index in [0.29, 0.717) is 23.2 Å². The summed E-state index contributed by atoms with van der Waals surface area (Å²) in [6.45, 7) is 6.35. The molecule has 0 atom stereocenters. The fourth-order valence-corrected chi connectivity index (χ4v) is 1.88. The minimum absolute atomic E-state index is 0.127. The van der Waals surface area contributed by atoms with Gasteiger partial charge in [0.25, 0.3) is 5.91 Å². The maximum Gasteiger partial charge on any atom is 0.251 e. The average molecular weight is 273 g/mol. The van der Waals surface area contributed by atoms with E-state index in [0.717, 1.165) is 12.0 Å². The van der Waals surface area contributed by atoms with Crippen molar-refractivity contribution in [1.29, 1.82) is 0 Å². The minimum Gasteiger partial charge on any atom is -0.345 e. The van der Waals surface area contributed by atoms with Gasteiger partial charge < -0.3 is 9.84 Å². The molecule has 1 amide bonds. The van der Waals surface area contributed by atoms with Crippen LogP contribution >= 0.6 is 0 Å². The fraction of sp³-hybridized carbons (Fsp3) is 0.400. The Labute approximate surface area is 118 Å². The lowest BCUT2D eigenvalue weighted by molar-refractivity contribution is 0.0949. The van der Waals surface area contributed by atoms with Crippen molar-refractivity contribution in [2.45, 2.75) is 33.7 Å². The first-order valence-corrected chi connectivity index (χ1v) is 6.71. The summed E-state index contributed by atoms with van der Waals surface area (Å²) in [6, 6.07) is 7.45. The van der Waals surface area contributed by atoms with Crippen molar-refractivity contribution in [2.75, 3.05) is 0 Å². The van der Waals surface area contributed by atoms with Crippen LogP contribution in [0.25, 0.3) is 0 Å². The Morgan fingerprint density at radius 2 is 2.10 bits per heavy atom. The summed E-state index contributed by atoms with van der Waals surface area (Å²) < 4.78 is 5.12. The first-order chi connectivity index (χ1) is 9.56. The molecule has 1 N–H and O–H groups in total. The summed E-state index contributed by atoms with van der Waals surface area (Å²) >= 11 is 0. The van der Waals surface area contributed by atoms with Gasteiger partial charge in [-0.2, -0.15) is 4.98 Å². The van der Waals surface area contributed by atoms with E-state index in [9.17, 15) is 4.79 Å². The summed E-state index contributed by atoms with van der Waals surface area (Å²) in [5.41, 5.74) is 1.61. The molecule has 0 saturated carbocycles. The van der Waals surface area contributed by atoms with Crippen LogP contribution in [0.2, 0.25) is 0 Å². The molecule has 0 bridgehead atoms. The Morgan fingerprint density at radius 1 is 1.35 bits per heavy atom. The highest BCUT2D eigenvalue weighted by Crippen LogP contribution is 2.08. The lowest BCUT2D eigenvalue weighted by atomic mass is 10.1. The van der Waals surface area contributed by atoms with Gasteiger partial charge in [-0.25, -0.2) is 0 Å². The molecular weight excluding hydrogens is 254 g/mol. The van der Waals surface area contributed by atoms with Crippen LogP contribution in [0, 0.1) is 12.8 Å². The molecule has 1 aromatic heterocycles. The lowest BCUT2D eigenvalue weighted by Gasteiger charge is -2.05. The van der Waals surface area contributed by atoms with E-state index in [1.807, 2.05) is 25.1 Å². The first kappa shape index (κ1) is 14.2. The molecule has 0 aliphatic rings. The minimum atomic E-state index is -0.127. The van der Waals surface area contributed by atoms with E-state index in [1.165, 1.54) is 0 Å². The maximum absolute atomic E-state index is 12.0. The molecule has 0 radical (unpaired) electrons. The summed E-state index contributed by atoms with van der Waals surface area (Å²) in [5.74, 6) is 1.45. The molecule has 106 valence electrons. The Kier molecular flexibility index (Phi) is 4.50. The summed E-state index contributed by atoms with van der Waals surface area (Å²) in [5, 5.41) is 6.66. The molecule has 1 heterocycles. The van der Waals surface area contributed by atoms with Gasteiger partial charge in [-0.1, -0.05) is 37.2 Å². The molecule has 2 aromatic rings. The van der Waals surface area contributed by atoms with Gasteiger partial charge in [0.05, 0.1) is 6.54 Å². The van der Waals surface area contributed by atoms with Crippen molar-refractivity contribution >= 4 is 5.91 Å². The number of carbonyl (C=O) groups is 1. The van der Waals surface area contributed by atoms with Gasteiger partial charge in [-0.05, 0) is 24.5 Å². The van der Waals surface area contributed by atoms with Gasteiger partial charge >= 0.3 is 0 Å². The molecule has 20 heavy (non-hydrogen) atoms. The predicted octanol–water partition coefficient (Wildman–Crippen LogP) is 2.51. The molecule has 1 aromatic carbocycles. The predicted molar refractivity (Wildman–Crippen MR) is 75.2 cm³/mol. The number of hydrogen-bond acceptors (Lipinski definition) is 4. The zero-order valence-corrected chi connectivity index (χ0v) is 12.0. The van der Waals surface area contributed by atoms with Crippen LogP contribution in [0.1, 0.15) is 41.5 Å². The Balaban J connectivity index is 1.94. The number of hydrogen-bond donors (Lipinski definition) is 1. The third-order valence-corrected chi connectivity index (χ3v) is 2.89. The smallest absolute Gasteiger partial charge is 0.251 e. The average Bonchev–Trinajstić information content (AvgIpc) is 2.83. The third kappa shape index (κ3) is 3.66. The summed E-state index contributed by atoms with van der Waals surface area (Å²) in [4.78, 5) is 16.3. The standard InChI is InChI=1S/C15H19N3O2/c1-10(2)8-14-17-13(18-20-14)9-16-15(19)12-7-5-4-6-11(12)3/h4-7,10H,8-9H2,1-3H3,(H,16,19). The number of amides is 1. The van der Waals surface area contributed by atoms with Crippen LogP contribution in [0.15, 0.2) is 28.8 Å². The molecule has 5 heteroatoms. The number of carbonyl (C=O) groups excluding carboxylic acids is 1. The van der Waals surface area contributed by atoms with E-state index in [2.05, 4.69) is 29.3 Å². The van der Waals surface area contributed by atoms with Crippen LogP contribution in [-0.4, -0.2) is 16.0 Å². The second-order valence-electron chi connectivity index (χ2n) is 5.20. The molecule has 2 rings (SSSR count). The third-order valence-electron chi connectivity index (χ3n) is 2.89. The van der Waals surface area contributed by atoms with Crippen molar-refractivity contribution in [1.82, 2.24) is 15.5 Å². The molecule has 0 spiro atoms. The van der Waals surface area contributed by atoms with Gasteiger partial charge in [-0.3, -0.25) is 4.79 Å². The molecule has 5 nitrogen and oxygen atoms in total. The van der Waals surface area contributed by atoms with E-state index in [1.54, 1.807) is 6.07 Å². The second kappa shape index (κ2) is 6.32. The normalized spacial score (nSPS) is 10.8. The van der Waals surface area contributed by atoms with Crippen LogP contribution in [-0.2, 0) is 13.0 Å². The maximum atomic E-state index is 12.0. The number of nitrogens with zero attached hydrogens (tertiary/aromatic N) is 2. The van der Waals surface area contributed by atoms with Crippen molar-refractivity contribution in [2.24, 2.45) is 5.92 Å². The van der Waals surface area contributed by atoms with Crippen LogP contribution in [0.3, 0.4) is 0 Å². The van der Waals surface area contributed by atoms with Crippen molar-refractivity contribution in [3.63, 3.8) is 0 Å². The Hall–Kier alpha value is -2.17.